The summed E-state index contributed by atoms with van der Waals surface area (Å²) in [4.78, 5) is 17.9. The molecular weight excluding hydrogens is 470 g/mol. The Hall–Kier alpha value is -4.04. The highest BCUT2D eigenvalue weighted by Gasteiger charge is 2.36. The van der Waals surface area contributed by atoms with Crippen molar-refractivity contribution in [1.29, 1.82) is 0 Å². The van der Waals surface area contributed by atoms with Gasteiger partial charge in [-0.05, 0) is 54.6 Å². The van der Waals surface area contributed by atoms with Gasteiger partial charge >= 0.3 is 5.91 Å². The predicted octanol–water partition coefficient (Wildman–Crippen LogP) is 5.50. The van der Waals surface area contributed by atoms with Crippen LogP contribution in [0.15, 0.2) is 70.4 Å². The summed E-state index contributed by atoms with van der Waals surface area (Å²) < 4.78 is 21.5. The summed E-state index contributed by atoms with van der Waals surface area (Å²) in [6, 6.07) is 15.8. The highest BCUT2D eigenvalue weighted by Crippen LogP contribution is 2.39. The largest absolute Gasteiger partial charge is 0.497 e. The summed E-state index contributed by atoms with van der Waals surface area (Å²) in [6.45, 7) is 0. The van der Waals surface area contributed by atoms with Crippen LogP contribution >= 0.6 is 11.6 Å². The van der Waals surface area contributed by atoms with Crippen molar-refractivity contribution in [2.45, 2.75) is 12.5 Å². The molecule has 0 N–H and O–H groups in total. The maximum absolute atomic E-state index is 13.4. The van der Waals surface area contributed by atoms with Gasteiger partial charge in [-0.3, -0.25) is 4.79 Å². The van der Waals surface area contributed by atoms with E-state index in [1.165, 1.54) is 11.3 Å². The molecule has 8 nitrogen and oxygen atoms in total. The van der Waals surface area contributed by atoms with E-state index in [9.17, 15) is 4.79 Å². The molecule has 0 spiro atoms. The van der Waals surface area contributed by atoms with E-state index in [2.05, 4.69) is 4.98 Å². The molecule has 0 fully saturated rings. The van der Waals surface area contributed by atoms with Crippen molar-refractivity contribution in [1.82, 2.24) is 9.99 Å². The van der Waals surface area contributed by atoms with E-state index in [1.54, 1.807) is 39.5 Å². The number of furan rings is 1. The fourth-order valence-corrected chi connectivity index (χ4v) is 4.42. The monoisotopic (exact) mass is 491 g/mol. The van der Waals surface area contributed by atoms with Gasteiger partial charge in [0.25, 0.3) is 0 Å². The van der Waals surface area contributed by atoms with Crippen molar-refractivity contribution < 1.29 is 23.4 Å². The Balaban J connectivity index is 1.60. The molecule has 1 aliphatic rings. The maximum Gasteiger partial charge on any atom is 0.310 e. The molecule has 2 aromatic heterocycles. The summed E-state index contributed by atoms with van der Waals surface area (Å²) in [6.07, 6.45) is 1.87. The number of halogens is 1. The fraction of sp³-hybridized carbons (Fsp3) is 0.192. The van der Waals surface area contributed by atoms with Crippen molar-refractivity contribution in [3.63, 3.8) is 0 Å². The van der Waals surface area contributed by atoms with E-state index in [0.29, 0.717) is 40.1 Å². The van der Waals surface area contributed by atoms with Gasteiger partial charge in [-0.1, -0.05) is 11.6 Å². The summed E-state index contributed by atoms with van der Waals surface area (Å²) >= 11 is 6.64. The van der Waals surface area contributed by atoms with E-state index in [4.69, 9.17) is 35.3 Å². The number of carbonyl (C=O) groups excluding carboxylic acids is 1. The summed E-state index contributed by atoms with van der Waals surface area (Å²) in [7, 11) is 4.76. The third-order valence-corrected chi connectivity index (χ3v) is 6.23. The molecule has 1 atom stereocenters. The zero-order chi connectivity index (χ0) is 24.5. The Bertz CT molecular complexity index is 1430. The Morgan fingerprint density at radius 3 is 2.57 bits per heavy atom. The summed E-state index contributed by atoms with van der Waals surface area (Å²) in [5.41, 5.74) is 2.89. The van der Waals surface area contributed by atoms with Gasteiger partial charge in [0.1, 0.15) is 10.9 Å². The summed E-state index contributed by atoms with van der Waals surface area (Å²) in [5, 5.41) is 7.23. The molecule has 0 radical (unpaired) electrons. The number of carbonyl (C=O) groups is 1. The third-order valence-electron chi connectivity index (χ3n) is 5.93. The van der Waals surface area contributed by atoms with E-state index < -0.39 is 6.04 Å². The third kappa shape index (κ3) is 4.17. The highest BCUT2D eigenvalue weighted by molar-refractivity contribution is 6.30. The van der Waals surface area contributed by atoms with Crippen molar-refractivity contribution >= 4 is 34.1 Å². The zero-order valence-corrected chi connectivity index (χ0v) is 20.1. The van der Waals surface area contributed by atoms with Gasteiger partial charge in [0.2, 0.25) is 0 Å². The molecule has 0 aliphatic carbocycles. The van der Waals surface area contributed by atoms with Crippen LogP contribution in [0.3, 0.4) is 0 Å². The number of nitrogens with zero attached hydrogens (tertiary/aromatic N) is 3. The van der Waals surface area contributed by atoms with Gasteiger partial charge in [0.05, 0.1) is 44.9 Å². The second kappa shape index (κ2) is 9.31. The van der Waals surface area contributed by atoms with Gasteiger partial charge in [0.15, 0.2) is 17.3 Å². The number of ether oxygens (including phenoxy) is 3. The molecular formula is C26H22ClN3O5. The average Bonchev–Trinajstić information content (AvgIpc) is 3.58. The summed E-state index contributed by atoms with van der Waals surface area (Å²) in [5.74, 6) is 1.67. The molecule has 3 heterocycles. The van der Waals surface area contributed by atoms with Crippen LogP contribution < -0.4 is 14.2 Å². The molecule has 1 amide bonds. The van der Waals surface area contributed by atoms with Crippen LogP contribution in [-0.2, 0) is 0 Å². The molecule has 0 saturated carbocycles. The molecule has 0 saturated heterocycles. The number of hydrogen-bond acceptors (Lipinski definition) is 7. The second-order valence-electron chi connectivity index (χ2n) is 7.89. The number of methoxy groups -OCH3 is 3. The lowest BCUT2D eigenvalue weighted by Crippen LogP contribution is -2.27. The molecule has 5 rings (SSSR count). The molecule has 1 aliphatic heterocycles. The number of hydrogen-bond donors (Lipinski definition) is 0. The molecule has 178 valence electrons. The van der Waals surface area contributed by atoms with Crippen LogP contribution in [0.25, 0.3) is 10.9 Å². The van der Waals surface area contributed by atoms with Crippen LogP contribution in [0.4, 0.5) is 0 Å². The minimum absolute atomic E-state index is 0.179. The van der Waals surface area contributed by atoms with Gasteiger partial charge in [-0.2, -0.15) is 5.10 Å². The predicted molar refractivity (Wildman–Crippen MR) is 132 cm³/mol. The lowest BCUT2D eigenvalue weighted by Gasteiger charge is -2.22. The fourth-order valence-electron chi connectivity index (χ4n) is 4.15. The number of benzene rings is 2. The van der Waals surface area contributed by atoms with Crippen LogP contribution in [0.1, 0.15) is 34.1 Å². The SMILES string of the molecule is COc1ccc2nc(Cl)c([C@@H]3CC(c4ccc(OC)c(OC)c4)=NN3C(=O)c3ccco3)cc2c1. The number of hydrazone groups is 1. The van der Waals surface area contributed by atoms with Crippen LogP contribution in [-0.4, -0.2) is 42.9 Å². The van der Waals surface area contributed by atoms with Crippen molar-refractivity contribution in [2.75, 3.05) is 21.3 Å². The topological polar surface area (TPSA) is 86.4 Å². The van der Waals surface area contributed by atoms with E-state index in [0.717, 1.165) is 16.5 Å². The molecule has 4 aromatic rings. The smallest absolute Gasteiger partial charge is 0.310 e. The first-order chi connectivity index (χ1) is 17.0. The first-order valence-electron chi connectivity index (χ1n) is 10.8. The first kappa shape index (κ1) is 22.7. The molecule has 9 heteroatoms. The minimum Gasteiger partial charge on any atom is -0.497 e. The van der Waals surface area contributed by atoms with Crippen molar-refractivity contribution in [3.05, 3.63) is 82.9 Å². The number of amides is 1. The van der Waals surface area contributed by atoms with Crippen LogP contribution in [0.5, 0.6) is 17.2 Å². The standard InChI is InChI=1S/C26H22ClN3O5/c1-32-17-7-8-19-16(11-17)12-18(25(27)28-19)21-14-20(15-6-9-22(33-2)24(13-15)34-3)29-30(21)26(31)23-5-4-10-35-23/h4-13,21H,14H2,1-3H3/t21-/m0/s1. The Labute approximate surface area is 206 Å². The first-order valence-corrected chi connectivity index (χ1v) is 11.2. The van der Waals surface area contributed by atoms with Gasteiger partial charge < -0.3 is 18.6 Å². The molecule has 0 bridgehead atoms. The Kier molecular flexibility index (Phi) is 6.05. The minimum atomic E-state index is -0.494. The highest BCUT2D eigenvalue weighted by atomic mass is 35.5. The van der Waals surface area contributed by atoms with E-state index in [-0.39, 0.29) is 11.7 Å². The number of aromatic nitrogens is 1. The normalized spacial score (nSPS) is 15.3. The Morgan fingerprint density at radius 2 is 1.86 bits per heavy atom. The number of fused-ring (bicyclic) bond motifs is 1. The Morgan fingerprint density at radius 1 is 1.03 bits per heavy atom. The van der Waals surface area contributed by atoms with E-state index >= 15 is 0 Å². The molecule has 0 unspecified atom stereocenters. The quantitative estimate of drug-likeness (QED) is 0.331. The van der Waals surface area contributed by atoms with Crippen LogP contribution in [0, 0.1) is 0 Å². The van der Waals surface area contributed by atoms with Gasteiger partial charge in [-0.15, -0.1) is 0 Å². The van der Waals surface area contributed by atoms with Gasteiger partial charge in [-0.25, -0.2) is 9.99 Å². The lowest BCUT2D eigenvalue weighted by atomic mass is 9.98. The second-order valence-corrected chi connectivity index (χ2v) is 8.25. The van der Waals surface area contributed by atoms with Crippen molar-refractivity contribution in [3.8, 4) is 17.2 Å². The van der Waals surface area contributed by atoms with Gasteiger partial charge in [0, 0.05) is 22.9 Å². The zero-order valence-electron chi connectivity index (χ0n) is 19.3. The van der Waals surface area contributed by atoms with Crippen molar-refractivity contribution in [2.24, 2.45) is 5.10 Å². The molecule has 2 aromatic carbocycles. The maximum atomic E-state index is 13.4. The molecule has 35 heavy (non-hydrogen) atoms. The van der Waals surface area contributed by atoms with Crippen LogP contribution in [0.2, 0.25) is 5.15 Å². The van der Waals surface area contributed by atoms with E-state index in [1.807, 2.05) is 36.4 Å². The number of rotatable bonds is 6. The number of pyridine rings is 1. The average molecular weight is 492 g/mol. The lowest BCUT2D eigenvalue weighted by molar-refractivity contribution is 0.0678.